The minimum absolute atomic E-state index is 0.166. The van der Waals surface area contributed by atoms with Crippen molar-refractivity contribution < 1.29 is 4.39 Å². The third-order valence-electron chi connectivity index (χ3n) is 2.94. The van der Waals surface area contributed by atoms with E-state index in [1.54, 1.807) is 12.1 Å². The number of rotatable bonds is 5. The molecule has 0 spiro atoms. The molecule has 0 aliphatic heterocycles. The van der Waals surface area contributed by atoms with Gasteiger partial charge in [-0.3, -0.25) is 0 Å². The molecule has 0 saturated carbocycles. The number of halogens is 3. The first-order chi connectivity index (χ1) is 7.90. The first-order valence-electron chi connectivity index (χ1n) is 5.75. The van der Waals surface area contributed by atoms with Crippen molar-refractivity contribution in [2.45, 2.75) is 32.6 Å². The molecule has 1 aromatic rings. The van der Waals surface area contributed by atoms with Crippen LogP contribution in [0.5, 0.6) is 0 Å². The van der Waals surface area contributed by atoms with E-state index >= 15 is 0 Å². The molecule has 0 aliphatic carbocycles. The van der Waals surface area contributed by atoms with Gasteiger partial charge in [0, 0.05) is 4.47 Å². The van der Waals surface area contributed by atoms with Gasteiger partial charge in [-0.2, -0.15) is 0 Å². The molecule has 0 amide bonds. The Morgan fingerprint density at radius 2 is 2.06 bits per heavy atom. The highest BCUT2D eigenvalue weighted by atomic mass is 79.9. The van der Waals surface area contributed by atoms with Crippen molar-refractivity contribution in [2.24, 2.45) is 0 Å². The fourth-order valence-corrected chi connectivity index (χ4v) is 2.23. The largest absolute Gasteiger partial charge is 0.317 e. The Balaban J connectivity index is 2.94. The molecule has 17 heavy (non-hydrogen) atoms. The molecule has 0 heterocycles. The van der Waals surface area contributed by atoms with Crippen LogP contribution >= 0.6 is 27.5 Å². The van der Waals surface area contributed by atoms with Gasteiger partial charge in [0.2, 0.25) is 0 Å². The lowest BCUT2D eigenvalue weighted by molar-refractivity contribution is 0.437. The van der Waals surface area contributed by atoms with E-state index in [9.17, 15) is 4.39 Å². The van der Waals surface area contributed by atoms with Crippen LogP contribution in [0.3, 0.4) is 0 Å². The highest BCUT2D eigenvalue weighted by Crippen LogP contribution is 2.35. The lowest BCUT2D eigenvalue weighted by atomic mass is 9.81. The Hall–Kier alpha value is -0.120. The van der Waals surface area contributed by atoms with Gasteiger partial charge in [0.1, 0.15) is 5.82 Å². The van der Waals surface area contributed by atoms with Crippen molar-refractivity contribution in [1.29, 1.82) is 0 Å². The number of hydrogen-bond acceptors (Lipinski definition) is 1. The van der Waals surface area contributed by atoms with E-state index < -0.39 is 0 Å². The van der Waals surface area contributed by atoms with Crippen LogP contribution in [0.15, 0.2) is 16.6 Å². The molecule has 1 aromatic carbocycles. The van der Waals surface area contributed by atoms with Gasteiger partial charge in [0.15, 0.2) is 0 Å². The summed E-state index contributed by atoms with van der Waals surface area (Å²) in [6.45, 7) is 7.93. The van der Waals surface area contributed by atoms with Crippen LogP contribution in [0, 0.1) is 5.82 Å². The van der Waals surface area contributed by atoms with Gasteiger partial charge in [-0.15, -0.1) is 0 Å². The van der Waals surface area contributed by atoms with E-state index in [0.717, 1.165) is 19.5 Å². The molecule has 1 nitrogen and oxygen atoms in total. The van der Waals surface area contributed by atoms with Crippen LogP contribution in [0.1, 0.15) is 32.8 Å². The summed E-state index contributed by atoms with van der Waals surface area (Å²) in [5, 5.41) is 3.42. The van der Waals surface area contributed by atoms with Gasteiger partial charge in [0.25, 0.3) is 0 Å². The molecule has 0 fully saturated rings. The average molecular weight is 323 g/mol. The van der Waals surface area contributed by atoms with Crippen LogP contribution in [0.4, 0.5) is 4.39 Å². The zero-order chi connectivity index (χ0) is 13.1. The Morgan fingerprint density at radius 3 is 2.65 bits per heavy atom. The number of benzene rings is 1. The predicted molar refractivity (Wildman–Crippen MR) is 75.3 cm³/mol. The van der Waals surface area contributed by atoms with E-state index in [2.05, 4.69) is 28.2 Å². The van der Waals surface area contributed by atoms with Gasteiger partial charge >= 0.3 is 0 Å². The fraction of sp³-hybridized carbons (Fsp3) is 0.538. The van der Waals surface area contributed by atoms with E-state index in [0.29, 0.717) is 10.0 Å². The molecule has 0 saturated heterocycles. The van der Waals surface area contributed by atoms with E-state index in [1.165, 1.54) is 0 Å². The van der Waals surface area contributed by atoms with Crippen molar-refractivity contribution in [2.75, 3.05) is 13.1 Å². The van der Waals surface area contributed by atoms with Gasteiger partial charge in [-0.05, 0) is 52.5 Å². The molecule has 96 valence electrons. The monoisotopic (exact) mass is 321 g/mol. The number of hydrogen-bond donors (Lipinski definition) is 1. The molecule has 0 radical (unpaired) electrons. The molecule has 1 N–H and O–H groups in total. The van der Waals surface area contributed by atoms with Crippen LogP contribution in [-0.2, 0) is 5.41 Å². The maximum atomic E-state index is 14.1. The Kier molecular flexibility index (Phi) is 5.42. The van der Waals surface area contributed by atoms with Gasteiger partial charge < -0.3 is 5.32 Å². The van der Waals surface area contributed by atoms with Crippen molar-refractivity contribution in [3.8, 4) is 0 Å². The van der Waals surface area contributed by atoms with Crippen molar-refractivity contribution >= 4 is 27.5 Å². The highest BCUT2D eigenvalue weighted by Gasteiger charge is 2.25. The Bertz CT molecular complexity index is 393. The topological polar surface area (TPSA) is 12.0 Å². The smallest absolute Gasteiger partial charge is 0.146 e. The summed E-state index contributed by atoms with van der Waals surface area (Å²) in [4.78, 5) is 0. The molecule has 0 aliphatic rings. The molecule has 4 heteroatoms. The quantitative estimate of drug-likeness (QED) is 0.621. The second-order valence-corrected chi connectivity index (χ2v) is 5.94. The summed E-state index contributed by atoms with van der Waals surface area (Å²) in [7, 11) is 0. The van der Waals surface area contributed by atoms with Gasteiger partial charge in [-0.1, -0.05) is 38.4 Å². The second kappa shape index (κ2) is 6.17. The van der Waals surface area contributed by atoms with E-state index in [4.69, 9.17) is 11.6 Å². The molecular formula is C13H18BrClFN. The predicted octanol–water partition coefficient (Wildman–Crippen LogP) is 4.52. The first-order valence-corrected chi connectivity index (χ1v) is 6.92. The van der Waals surface area contributed by atoms with Crippen LogP contribution < -0.4 is 5.32 Å². The summed E-state index contributed by atoms with van der Waals surface area (Å²) in [5.74, 6) is -0.317. The average Bonchev–Trinajstić information content (AvgIpc) is 2.26. The van der Waals surface area contributed by atoms with Crippen LogP contribution in [0.25, 0.3) is 0 Å². The highest BCUT2D eigenvalue weighted by molar-refractivity contribution is 9.10. The maximum absolute atomic E-state index is 14.1. The number of nitrogens with one attached hydrogen (secondary N) is 1. The summed E-state index contributed by atoms with van der Waals surface area (Å²) in [6.07, 6.45) is 0.871. The fourth-order valence-electron chi connectivity index (χ4n) is 1.76. The molecule has 0 unspecified atom stereocenters. The van der Waals surface area contributed by atoms with E-state index in [-0.39, 0.29) is 16.3 Å². The zero-order valence-corrected chi connectivity index (χ0v) is 12.8. The summed E-state index contributed by atoms with van der Waals surface area (Å²) in [5.41, 5.74) is 0.444. The summed E-state index contributed by atoms with van der Waals surface area (Å²) in [6, 6.07) is 3.60. The molecule has 1 rings (SSSR count). The van der Waals surface area contributed by atoms with Crippen LogP contribution in [0.2, 0.25) is 5.02 Å². The third-order valence-corrected chi connectivity index (χ3v) is 4.20. The first kappa shape index (κ1) is 14.9. The van der Waals surface area contributed by atoms with Gasteiger partial charge in [0.05, 0.1) is 5.02 Å². The lowest BCUT2D eigenvalue weighted by Gasteiger charge is -2.26. The SMILES string of the molecule is CCNCCC(C)(C)c1ccc(Br)c(Cl)c1F. The van der Waals surface area contributed by atoms with Gasteiger partial charge in [-0.25, -0.2) is 4.39 Å². The molecular weight excluding hydrogens is 305 g/mol. The minimum Gasteiger partial charge on any atom is -0.317 e. The van der Waals surface area contributed by atoms with Crippen molar-refractivity contribution in [1.82, 2.24) is 5.32 Å². The van der Waals surface area contributed by atoms with Crippen molar-refractivity contribution in [3.05, 3.63) is 33.0 Å². The normalized spacial score (nSPS) is 11.9. The molecule has 0 aromatic heterocycles. The molecule has 0 atom stereocenters. The zero-order valence-electron chi connectivity index (χ0n) is 10.4. The van der Waals surface area contributed by atoms with E-state index in [1.807, 2.05) is 13.8 Å². The summed E-state index contributed by atoms with van der Waals surface area (Å²) < 4.78 is 14.7. The Labute approximate surface area is 116 Å². The second-order valence-electron chi connectivity index (χ2n) is 4.71. The maximum Gasteiger partial charge on any atom is 0.146 e. The third kappa shape index (κ3) is 3.67. The Morgan fingerprint density at radius 1 is 1.41 bits per heavy atom. The summed E-state index contributed by atoms with van der Waals surface area (Å²) >= 11 is 9.14. The minimum atomic E-state index is -0.317. The molecule has 0 bridgehead atoms. The standard InChI is InChI=1S/C13H18BrClFN/c1-4-17-8-7-13(2,3)9-5-6-10(14)11(15)12(9)16/h5-6,17H,4,7-8H2,1-3H3. The van der Waals surface area contributed by atoms with Crippen LogP contribution in [-0.4, -0.2) is 13.1 Å². The van der Waals surface area contributed by atoms with Crippen molar-refractivity contribution in [3.63, 3.8) is 0 Å². The lowest BCUT2D eigenvalue weighted by Crippen LogP contribution is -2.26.